The zero-order chi connectivity index (χ0) is 8.81. The summed E-state index contributed by atoms with van der Waals surface area (Å²) in [6.07, 6.45) is 6.34. The standard InChI is InChI=1S/C12H14/c1-3-11(2)9-10-12-7-5-4-6-8-12/h3-10H,1-2H3/b10-9+,11-3-. The summed E-state index contributed by atoms with van der Waals surface area (Å²) < 4.78 is 0. The number of allylic oxidation sites excluding steroid dienone is 3. The van der Waals surface area contributed by atoms with Gasteiger partial charge in [0.25, 0.3) is 0 Å². The first kappa shape index (κ1) is 8.79. The van der Waals surface area contributed by atoms with E-state index in [1.165, 1.54) is 11.1 Å². The van der Waals surface area contributed by atoms with Crippen LogP contribution in [0.15, 0.2) is 48.1 Å². The maximum Gasteiger partial charge on any atom is -0.0257 e. The van der Waals surface area contributed by atoms with Crippen molar-refractivity contribution >= 4 is 6.08 Å². The third kappa shape index (κ3) is 2.75. The van der Waals surface area contributed by atoms with Gasteiger partial charge < -0.3 is 0 Å². The third-order valence-electron chi connectivity index (χ3n) is 1.79. The molecule has 0 fully saturated rings. The van der Waals surface area contributed by atoms with Crippen molar-refractivity contribution in [2.45, 2.75) is 13.8 Å². The molecule has 0 atom stereocenters. The highest BCUT2D eigenvalue weighted by Gasteiger charge is 1.82. The minimum atomic E-state index is 1.25. The van der Waals surface area contributed by atoms with E-state index in [0.29, 0.717) is 0 Å². The Balaban J connectivity index is 2.70. The molecule has 0 heteroatoms. The van der Waals surface area contributed by atoms with E-state index in [1.807, 2.05) is 25.1 Å². The molecule has 0 aliphatic carbocycles. The second kappa shape index (κ2) is 4.55. The zero-order valence-corrected chi connectivity index (χ0v) is 7.62. The lowest BCUT2D eigenvalue weighted by atomic mass is 10.2. The van der Waals surface area contributed by atoms with Crippen molar-refractivity contribution in [1.29, 1.82) is 0 Å². The largest absolute Gasteiger partial charge is 0.0847 e. The van der Waals surface area contributed by atoms with Crippen molar-refractivity contribution in [3.63, 3.8) is 0 Å². The molecule has 0 aromatic heterocycles. The lowest BCUT2D eigenvalue weighted by Crippen LogP contribution is -1.69. The summed E-state index contributed by atoms with van der Waals surface area (Å²) in [6.45, 7) is 4.14. The summed E-state index contributed by atoms with van der Waals surface area (Å²) in [5.74, 6) is 0. The summed E-state index contributed by atoms with van der Waals surface area (Å²) >= 11 is 0. The first-order valence-electron chi connectivity index (χ1n) is 4.19. The molecule has 62 valence electrons. The zero-order valence-electron chi connectivity index (χ0n) is 7.62. The van der Waals surface area contributed by atoms with E-state index in [9.17, 15) is 0 Å². The highest BCUT2D eigenvalue weighted by molar-refractivity contribution is 5.52. The maximum absolute atomic E-state index is 2.12. The summed E-state index contributed by atoms with van der Waals surface area (Å²) in [5, 5.41) is 0. The van der Waals surface area contributed by atoms with E-state index in [1.54, 1.807) is 0 Å². The van der Waals surface area contributed by atoms with Crippen LogP contribution in [-0.4, -0.2) is 0 Å². The number of hydrogen-bond donors (Lipinski definition) is 0. The maximum atomic E-state index is 2.12. The van der Waals surface area contributed by atoms with Crippen LogP contribution in [0, 0.1) is 0 Å². The molecule has 0 radical (unpaired) electrons. The Morgan fingerprint density at radius 2 is 1.83 bits per heavy atom. The van der Waals surface area contributed by atoms with Gasteiger partial charge >= 0.3 is 0 Å². The first-order valence-corrected chi connectivity index (χ1v) is 4.19. The van der Waals surface area contributed by atoms with Gasteiger partial charge in [0.2, 0.25) is 0 Å². The topological polar surface area (TPSA) is 0 Å². The lowest BCUT2D eigenvalue weighted by Gasteiger charge is -1.91. The highest BCUT2D eigenvalue weighted by atomic mass is 13.9. The Labute approximate surface area is 74.2 Å². The van der Waals surface area contributed by atoms with Gasteiger partial charge in [-0.15, -0.1) is 0 Å². The molecule has 0 aliphatic heterocycles. The molecule has 0 heterocycles. The molecule has 12 heavy (non-hydrogen) atoms. The van der Waals surface area contributed by atoms with Crippen molar-refractivity contribution in [2.24, 2.45) is 0 Å². The van der Waals surface area contributed by atoms with Crippen LogP contribution in [0.3, 0.4) is 0 Å². The quantitative estimate of drug-likeness (QED) is 0.576. The minimum Gasteiger partial charge on any atom is -0.0847 e. The van der Waals surface area contributed by atoms with Crippen molar-refractivity contribution in [3.8, 4) is 0 Å². The van der Waals surface area contributed by atoms with E-state index >= 15 is 0 Å². The van der Waals surface area contributed by atoms with Crippen LogP contribution in [0.2, 0.25) is 0 Å². The molecule has 0 spiro atoms. The van der Waals surface area contributed by atoms with Gasteiger partial charge in [0.15, 0.2) is 0 Å². The van der Waals surface area contributed by atoms with Crippen LogP contribution >= 0.6 is 0 Å². The highest BCUT2D eigenvalue weighted by Crippen LogP contribution is 2.03. The van der Waals surface area contributed by atoms with Crippen LogP contribution in [-0.2, 0) is 0 Å². The molecule has 0 saturated carbocycles. The van der Waals surface area contributed by atoms with Gasteiger partial charge in [-0.3, -0.25) is 0 Å². The van der Waals surface area contributed by atoms with Crippen molar-refractivity contribution in [3.05, 3.63) is 53.6 Å². The second-order valence-electron chi connectivity index (χ2n) is 2.78. The Morgan fingerprint density at radius 3 is 2.42 bits per heavy atom. The monoisotopic (exact) mass is 158 g/mol. The summed E-state index contributed by atoms with van der Waals surface area (Å²) in [5.41, 5.74) is 2.54. The van der Waals surface area contributed by atoms with E-state index < -0.39 is 0 Å². The number of rotatable bonds is 2. The molecule has 1 aromatic rings. The second-order valence-corrected chi connectivity index (χ2v) is 2.78. The summed E-state index contributed by atoms with van der Waals surface area (Å²) in [6, 6.07) is 10.3. The Hall–Kier alpha value is -1.30. The van der Waals surface area contributed by atoms with Crippen LogP contribution in [0.1, 0.15) is 19.4 Å². The first-order chi connectivity index (χ1) is 5.83. The smallest absolute Gasteiger partial charge is 0.0257 e. The van der Waals surface area contributed by atoms with Gasteiger partial charge in [-0.1, -0.05) is 54.1 Å². The minimum absolute atomic E-state index is 1.25. The molecule has 0 nitrogen and oxygen atoms in total. The lowest BCUT2D eigenvalue weighted by molar-refractivity contribution is 1.48. The Bertz CT molecular complexity index is 278. The predicted octanol–water partition coefficient (Wildman–Crippen LogP) is 3.67. The summed E-state index contributed by atoms with van der Waals surface area (Å²) in [4.78, 5) is 0. The van der Waals surface area contributed by atoms with E-state index in [4.69, 9.17) is 0 Å². The van der Waals surface area contributed by atoms with Crippen molar-refractivity contribution < 1.29 is 0 Å². The van der Waals surface area contributed by atoms with E-state index in [-0.39, 0.29) is 0 Å². The SMILES string of the molecule is C/C=C(C)\C=C\c1ccccc1. The molecule has 0 N–H and O–H groups in total. The van der Waals surface area contributed by atoms with E-state index in [2.05, 4.69) is 37.3 Å². The van der Waals surface area contributed by atoms with Gasteiger partial charge in [0.05, 0.1) is 0 Å². The average Bonchev–Trinajstić information content (AvgIpc) is 2.16. The fraction of sp³-hybridized carbons (Fsp3) is 0.167. The van der Waals surface area contributed by atoms with Gasteiger partial charge in [-0.2, -0.15) is 0 Å². The van der Waals surface area contributed by atoms with Gasteiger partial charge in [0, 0.05) is 0 Å². The Kier molecular flexibility index (Phi) is 3.34. The molecule has 0 unspecified atom stereocenters. The molecule has 1 aromatic carbocycles. The fourth-order valence-electron chi connectivity index (χ4n) is 0.888. The molecular formula is C12H14. The molecule has 1 rings (SSSR count). The van der Waals surface area contributed by atoms with Crippen LogP contribution < -0.4 is 0 Å². The van der Waals surface area contributed by atoms with Crippen molar-refractivity contribution in [2.75, 3.05) is 0 Å². The average molecular weight is 158 g/mol. The molecular weight excluding hydrogens is 144 g/mol. The van der Waals surface area contributed by atoms with Gasteiger partial charge in [-0.05, 0) is 19.4 Å². The van der Waals surface area contributed by atoms with Crippen LogP contribution in [0.25, 0.3) is 6.08 Å². The predicted molar refractivity (Wildman–Crippen MR) is 54.9 cm³/mol. The third-order valence-corrected chi connectivity index (χ3v) is 1.79. The van der Waals surface area contributed by atoms with Crippen molar-refractivity contribution in [1.82, 2.24) is 0 Å². The van der Waals surface area contributed by atoms with Crippen LogP contribution in [0.4, 0.5) is 0 Å². The fourth-order valence-corrected chi connectivity index (χ4v) is 0.888. The molecule has 0 aliphatic rings. The molecule has 0 amide bonds. The molecule has 0 bridgehead atoms. The van der Waals surface area contributed by atoms with Gasteiger partial charge in [-0.25, -0.2) is 0 Å². The van der Waals surface area contributed by atoms with Crippen LogP contribution in [0.5, 0.6) is 0 Å². The van der Waals surface area contributed by atoms with Gasteiger partial charge in [0.1, 0.15) is 0 Å². The Morgan fingerprint density at radius 1 is 1.17 bits per heavy atom. The number of hydrogen-bond acceptors (Lipinski definition) is 0. The number of benzene rings is 1. The normalized spacial score (nSPS) is 12.3. The molecule has 0 saturated heterocycles. The van der Waals surface area contributed by atoms with E-state index in [0.717, 1.165) is 0 Å². The summed E-state index contributed by atoms with van der Waals surface area (Å²) in [7, 11) is 0.